The van der Waals surface area contributed by atoms with E-state index in [2.05, 4.69) is 26.0 Å². The summed E-state index contributed by atoms with van der Waals surface area (Å²) in [6.45, 7) is 4.25. The van der Waals surface area contributed by atoms with E-state index < -0.39 is 7.65 Å². The highest BCUT2D eigenvalue weighted by Gasteiger charge is 2.18. The zero-order valence-electron chi connectivity index (χ0n) is 11.1. The van der Waals surface area contributed by atoms with Crippen LogP contribution in [-0.2, 0) is 17.4 Å². The number of hydrogen-bond donors (Lipinski definition) is 0. The molecule has 0 aliphatic carbocycles. The first-order valence-electron chi connectivity index (χ1n) is 6.65. The van der Waals surface area contributed by atoms with Gasteiger partial charge in [-0.15, -0.1) is 0 Å². The molecular formula is C16H16O2P+. The van der Waals surface area contributed by atoms with E-state index in [4.69, 9.17) is 4.20 Å². The van der Waals surface area contributed by atoms with Gasteiger partial charge in [-0.3, -0.25) is 0 Å². The zero-order valence-corrected chi connectivity index (χ0v) is 12.0. The van der Waals surface area contributed by atoms with Crippen molar-refractivity contribution >= 4 is 29.1 Å². The second-order valence-electron chi connectivity index (χ2n) is 4.70. The molecule has 3 rings (SSSR count). The lowest BCUT2D eigenvalue weighted by Crippen LogP contribution is -1.89. The molecule has 0 aliphatic heterocycles. The molecule has 3 aromatic rings. The van der Waals surface area contributed by atoms with Crippen molar-refractivity contribution in [3.05, 3.63) is 47.5 Å². The average Bonchev–Trinajstić information content (AvgIpc) is 2.47. The van der Waals surface area contributed by atoms with Crippen molar-refractivity contribution in [3.63, 3.8) is 0 Å². The van der Waals surface area contributed by atoms with Crippen LogP contribution in [0.4, 0.5) is 0 Å². The minimum atomic E-state index is -1.78. The summed E-state index contributed by atoms with van der Waals surface area (Å²) in [6, 6.07) is 12.1. The first kappa shape index (κ1) is 12.4. The molecule has 0 N–H and O–H groups in total. The molecule has 0 amide bonds. The molecule has 1 heterocycles. The van der Waals surface area contributed by atoms with Crippen molar-refractivity contribution in [1.82, 2.24) is 0 Å². The third-order valence-corrected chi connectivity index (χ3v) is 4.71. The first-order chi connectivity index (χ1) is 9.24. The van der Waals surface area contributed by atoms with Crippen LogP contribution in [0.5, 0.6) is 0 Å². The van der Waals surface area contributed by atoms with Crippen LogP contribution in [0.2, 0.25) is 0 Å². The van der Waals surface area contributed by atoms with E-state index in [9.17, 15) is 4.57 Å². The molecule has 1 aromatic heterocycles. The fourth-order valence-corrected chi connectivity index (χ4v) is 3.60. The number of rotatable bonds is 2. The third-order valence-electron chi connectivity index (χ3n) is 3.58. The van der Waals surface area contributed by atoms with Gasteiger partial charge >= 0.3 is 7.65 Å². The monoisotopic (exact) mass is 271 g/mol. The Kier molecular flexibility index (Phi) is 3.12. The summed E-state index contributed by atoms with van der Waals surface area (Å²) in [5, 5.41) is 2.94. The Morgan fingerprint density at radius 3 is 2.58 bits per heavy atom. The molecular weight excluding hydrogens is 255 g/mol. The minimum Gasteiger partial charge on any atom is -0.249 e. The summed E-state index contributed by atoms with van der Waals surface area (Å²) in [5.41, 5.74) is 3.25. The summed E-state index contributed by atoms with van der Waals surface area (Å²) in [6.07, 6.45) is 1.89. The maximum atomic E-state index is 12.2. The molecule has 1 atom stereocenters. The Balaban J connectivity index is 2.57. The average molecular weight is 271 g/mol. The maximum Gasteiger partial charge on any atom is 0.597 e. The van der Waals surface area contributed by atoms with Gasteiger partial charge in [0.15, 0.2) is 5.58 Å². The quantitative estimate of drug-likeness (QED) is 0.580. The molecule has 0 spiro atoms. The molecule has 1 unspecified atom stereocenters. The van der Waals surface area contributed by atoms with Crippen molar-refractivity contribution < 1.29 is 8.76 Å². The van der Waals surface area contributed by atoms with Gasteiger partial charge in [-0.05, 0) is 41.2 Å². The van der Waals surface area contributed by atoms with Gasteiger partial charge in [0.1, 0.15) is 0 Å². The van der Waals surface area contributed by atoms with Crippen LogP contribution in [0.15, 0.2) is 40.6 Å². The van der Waals surface area contributed by atoms with Gasteiger partial charge in [-0.2, -0.15) is 0 Å². The fourth-order valence-electron chi connectivity index (χ4n) is 2.52. The SMILES string of the molecule is CCc1cc(CC)c2o[p+](=O)c3ccccc3c2c1. The van der Waals surface area contributed by atoms with Gasteiger partial charge in [0.25, 0.3) is 0 Å². The van der Waals surface area contributed by atoms with E-state index in [0.29, 0.717) is 0 Å². The lowest BCUT2D eigenvalue weighted by Gasteiger charge is -2.05. The molecule has 19 heavy (non-hydrogen) atoms. The van der Waals surface area contributed by atoms with Crippen LogP contribution in [0.1, 0.15) is 25.0 Å². The summed E-state index contributed by atoms with van der Waals surface area (Å²) in [7, 11) is -1.78. The van der Waals surface area contributed by atoms with Crippen LogP contribution in [-0.4, -0.2) is 0 Å². The minimum absolute atomic E-state index is 0.805. The summed E-state index contributed by atoms with van der Waals surface area (Å²) in [4.78, 5) is 0. The van der Waals surface area contributed by atoms with Crippen molar-refractivity contribution in [2.45, 2.75) is 26.7 Å². The Morgan fingerprint density at radius 2 is 1.84 bits per heavy atom. The molecule has 0 saturated heterocycles. The molecule has 0 fully saturated rings. The van der Waals surface area contributed by atoms with Crippen molar-refractivity contribution in [2.24, 2.45) is 0 Å². The topological polar surface area (TPSA) is 30.2 Å². The van der Waals surface area contributed by atoms with Crippen molar-refractivity contribution in [1.29, 1.82) is 0 Å². The van der Waals surface area contributed by atoms with Crippen LogP contribution < -0.4 is 0 Å². The highest BCUT2D eigenvalue weighted by Crippen LogP contribution is 2.37. The van der Waals surface area contributed by atoms with E-state index in [1.165, 1.54) is 5.56 Å². The Labute approximate surface area is 112 Å². The molecule has 0 radical (unpaired) electrons. The fraction of sp³-hybridized carbons (Fsp3) is 0.250. The molecule has 2 nitrogen and oxygen atoms in total. The van der Waals surface area contributed by atoms with Gasteiger partial charge in [0.2, 0.25) is 5.12 Å². The Bertz CT molecular complexity index is 818. The number of aryl methyl sites for hydroxylation is 2. The molecule has 3 heteroatoms. The van der Waals surface area contributed by atoms with E-state index in [1.54, 1.807) is 0 Å². The first-order valence-corrected chi connectivity index (χ1v) is 7.82. The molecule has 96 valence electrons. The van der Waals surface area contributed by atoms with Crippen molar-refractivity contribution in [3.8, 4) is 0 Å². The van der Waals surface area contributed by atoms with Crippen LogP contribution >= 0.6 is 7.65 Å². The number of fused-ring (bicyclic) bond motifs is 3. The second kappa shape index (κ2) is 4.79. The molecule has 2 aromatic carbocycles. The summed E-state index contributed by atoms with van der Waals surface area (Å²) in [5.74, 6) is 0. The highest BCUT2D eigenvalue weighted by molar-refractivity contribution is 7.37. The van der Waals surface area contributed by atoms with Gasteiger partial charge in [-0.1, -0.05) is 32.0 Å². The summed E-state index contributed by atoms with van der Waals surface area (Å²) < 4.78 is 17.9. The highest BCUT2D eigenvalue weighted by atomic mass is 31.1. The Hall–Kier alpha value is -1.66. The molecule has 0 aliphatic rings. The van der Waals surface area contributed by atoms with Gasteiger partial charge in [0, 0.05) is 16.3 Å². The van der Waals surface area contributed by atoms with Crippen LogP contribution in [0.25, 0.3) is 21.5 Å². The van der Waals surface area contributed by atoms with Crippen molar-refractivity contribution in [2.75, 3.05) is 0 Å². The van der Waals surface area contributed by atoms with Gasteiger partial charge < -0.3 is 0 Å². The smallest absolute Gasteiger partial charge is 0.249 e. The second-order valence-corrected chi connectivity index (χ2v) is 5.88. The molecule has 0 saturated carbocycles. The Morgan fingerprint density at radius 1 is 1.05 bits per heavy atom. The number of hydrogen-bond acceptors (Lipinski definition) is 2. The van der Waals surface area contributed by atoms with E-state index in [-0.39, 0.29) is 0 Å². The van der Waals surface area contributed by atoms with E-state index in [0.717, 1.165) is 39.9 Å². The normalized spacial score (nSPS) is 12.2. The predicted molar refractivity (Wildman–Crippen MR) is 80.1 cm³/mol. The van der Waals surface area contributed by atoms with Crippen LogP contribution in [0.3, 0.4) is 0 Å². The largest absolute Gasteiger partial charge is 0.597 e. The number of benzene rings is 2. The van der Waals surface area contributed by atoms with Crippen LogP contribution in [0, 0.1) is 0 Å². The lowest BCUT2D eigenvalue weighted by molar-refractivity contribution is 0.562. The van der Waals surface area contributed by atoms with Gasteiger partial charge in [-0.25, -0.2) is 4.20 Å². The van der Waals surface area contributed by atoms with E-state index >= 15 is 0 Å². The maximum absolute atomic E-state index is 12.2. The summed E-state index contributed by atoms with van der Waals surface area (Å²) >= 11 is 0. The molecule has 0 bridgehead atoms. The standard InChI is InChI=1S/C16H16O2P/c1-3-11-9-12(4-2)16-14(10-11)13-7-5-6-8-15(13)19(17)18-16/h5-10H,3-4H2,1-2H3/q+1. The van der Waals surface area contributed by atoms with Gasteiger partial charge in [0.05, 0.1) is 0 Å². The third kappa shape index (κ3) is 1.97. The predicted octanol–water partition coefficient (Wildman–Crippen LogP) is 5.45. The lowest BCUT2D eigenvalue weighted by atomic mass is 10.0. The van der Waals surface area contributed by atoms with E-state index in [1.807, 2.05) is 24.3 Å². The zero-order chi connectivity index (χ0) is 13.4.